The Morgan fingerprint density at radius 2 is 1.85 bits per heavy atom. The molecule has 0 aliphatic carbocycles. The highest BCUT2D eigenvalue weighted by Crippen LogP contribution is 2.34. The first kappa shape index (κ1) is 15.7. The Hall–Kier alpha value is -0.670. The van der Waals surface area contributed by atoms with Gasteiger partial charge in [-0.3, -0.25) is 4.79 Å². The van der Waals surface area contributed by atoms with E-state index < -0.39 is 21.4 Å². The van der Waals surface area contributed by atoms with Crippen LogP contribution in [0.5, 0.6) is 0 Å². The zero-order valence-corrected chi connectivity index (χ0v) is 14.0. The van der Waals surface area contributed by atoms with Crippen molar-refractivity contribution < 1.29 is 18.3 Å². The van der Waals surface area contributed by atoms with E-state index in [1.54, 1.807) is 31.2 Å². The summed E-state index contributed by atoms with van der Waals surface area (Å²) in [6, 6.07) is 6.82. The highest BCUT2D eigenvalue weighted by atomic mass is 127. The predicted octanol–water partition coefficient (Wildman–Crippen LogP) is 2.17. The van der Waals surface area contributed by atoms with Gasteiger partial charge in [0, 0.05) is 16.7 Å². The Morgan fingerprint density at radius 3 is 2.35 bits per heavy atom. The lowest BCUT2D eigenvalue weighted by Crippen LogP contribution is -2.45. The molecule has 0 radical (unpaired) electrons. The van der Waals surface area contributed by atoms with Gasteiger partial charge < -0.3 is 5.11 Å². The number of hydrogen-bond donors (Lipinski definition) is 1. The third-order valence-electron chi connectivity index (χ3n) is 3.80. The van der Waals surface area contributed by atoms with Crippen LogP contribution in [0.4, 0.5) is 0 Å². The third kappa shape index (κ3) is 2.84. The maximum absolute atomic E-state index is 12.6. The van der Waals surface area contributed by atoms with Crippen molar-refractivity contribution in [2.24, 2.45) is 5.41 Å². The number of carbonyl (C=O) groups is 1. The highest BCUT2D eigenvalue weighted by Gasteiger charge is 2.40. The smallest absolute Gasteiger partial charge is 0.309 e. The Morgan fingerprint density at radius 1 is 1.30 bits per heavy atom. The molecule has 2 rings (SSSR count). The first-order chi connectivity index (χ1) is 9.27. The zero-order chi connectivity index (χ0) is 15.0. The third-order valence-corrected chi connectivity index (χ3v) is 7.06. The number of halogens is 1. The van der Waals surface area contributed by atoms with E-state index in [4.69, 9.17) is 0 Å². The zero-order valence-electron chi connectivity index (χ0n) is 11.0. The summed E-state index contributed by atoms with van der Waals surface area (Å²) < 4.78 is 27.2. The van der Waals surface area contributed by atoms with Crippen LogP contribution < -0.4 is 0 Å². The second-order valence-electron chi connectivity index (χ2n) is 5.20. The van der Waals surface area contributed by atoms with Crippen molar-refractivity contribution >= 4 is 38.6 Å². The average molecular weight is 409 g/mol. The van der Waals surface area contributed by atoms with Crippen molar-refractivity contribution in [2.75, 3.05) is 13.1 Å². The Kier molecular flexibility index (Phi) is 4.41. The molecule has 7 heteroatoms. The van der Waals surface area contributed by atoms with Crippen LogP contribution in [-0.2, 0) is 14.8 Å². The standard InChI is InChI=1S/C13H16INO4S/c1-13(12(16)17)6-8-15(9-7-13)20(18,19)11-5-3-2-4-10(11)14/h2-5H,6-9H2,1H3,(H,16,17). The first-order valence-corrected chi connectivity index (χ1v) is 8.77. The van der Waals surface area contributed by atoms with Crippen molar-refractivity contribution in [3.05, 3.63) is 27.8 Å². The van der Waals surface area contributed by atoms with Crippen molar-refractivity contribution in [3.63, 3.8) is 0 Å². The Labute approximate surface area is 132 Å². The molecule has 1 N–H and O–H groups in total. The minimum Gasteiger partial charge on any atom is -0.481 e. The maximum atomic E-state index is 12.6. The van der Waals surface area contributed by atoms with Gasteiger partial charge in [0.05, 0.1) is 10.3 Å². The topological polar surface area (TPSA) is 74.7 Å². The molecule has 0 aromatic heterocycles. The van der Waals surface area contributed by atoms with Crippen molar-refractivity contribution in [1.82, 2.24) is 4.31 Å². The van der Waals surface area contributed by atoms with Crippen LogP contribution >= 0.6 is 22.6 Å². The molecule has 1 aromatic carbocycles. The van der Waals surface area contributed by atoms with Gasteiger partial charge in [-0.15, -0.1) is 0 Å². The number of carboxylic acids is 1. The lowest BCUT2D eigenvalue weighted by atomic mass is 9.81. The van der Waals surface area contributed by atoms with Crippen LogP contribution in [0.3, 0.4) is 0 Å². The number of rotatable bonds is 3. The van der Waals surface area contributed by atoms with E-state index in [9.17, 15) is 18.3 Å². The summed E-state index contributed by atoms with van der Waals surface area (Å²) in [6.07, 6.45) is 0.677. The first-order valence-electron chi connectivity index (χ1n) is 6.25. The van der Waals surface area contributed by atoms with E-state index in [2.05, 4.69) is 0 Å². The van der Waals surface area contributed by atoms with E-state index in [0.29, 0.717) is 21.3 Å². The van der Waals surface area contributed by atoms with Gasteiger partial charge in [-0.05, 0) is 54.5 Å². The molecule has 5 nitrogen and oxygen atoms in total. The van der Waals surface area contributed by atoms with Gasteiger partial charge in [-0.2, -0.15) is 4.31 Å². The van der Waals surface area contributed by atoms with Crippen LogP contribution in [0.15, 0.2) is 29.2 Å². The van der Waals surface area contributed by atoms with Gasteiger partial charge in [0.25, 0.3) is 0 Å². The quantitative estimate of drug-likeness (QED) is 0.777. The monoisotopic (exact) mass is 409 g/mol. The summed E-state index contributed by atoms with van der Waals surface area (Å²) in [6.45, 7) is 2.16. The molecule has 1 heterocycles. The molecular formula is C13H16INO4S. The molecule has 1 fully saturated rings. The number of nitrogens with zero attached hydrogens (tertiary/aromatic N) is 1. The van der Waals surface area contributed by atoms with Crippen molar-refractivity contribution in [2.45, 2.75) is 24.7 Å². The molecule has 1 aromatic rings. The lowest BCUT2D eigenvalue weighted by molar-refractivity contribution is -0.150. The fraction of sp³-hybridized carbons (Fsp3) is 0.462. The fourth-order valence-electron chi connectivity index (χ4n) is 2.23. The molecule has 0 bridgehead atoms. The second-order valence-corrected chi connectivity index (χ2v) is 8.27. The van der Waals surface area contributed by atoms with Crippen molar-refractivity contribution in [1.29, 1.82) is 0 Å². The van der Waals surface area contributed by atoms with E-state index in [-0.39, 0.29) is 13.1 Å². The fourth-order valence-corrected chi connectivity index (χ4v) is 4.96. The SMILES string of the molecule is CC1(C(=O)O)CCN(S(=O)(=O)c2ccccc2I)CC1. The summed E-state index contributed by atoms with van der Waals surface area (Å²) in [5.74, 6) is -0.858. The van der Waals surface area contributed by atoms with Crippen LogP contribution in [0.1, 0.15) is 19.8 Å². The van der Waals surface area contributed by atoms with Gasteiger partial charge in [0.15, 0.2) is 0 Å². The second kappa shape index (κ2) is 5.61. The minimum atomic E-state index is -3.54. The number of aliphatic carboxylic acids is 1. The van der Waals surface area contributed by atoms with Gasteiger partial charge in [0.1, 0.15) is 0 Å². The Balaban J connectivity index is 2.22. The van der Waals surface area contributed by atoms with Gasteiger partial charge in [-0.1, -0.05) is 12.1 Å². The maximum Gasteiger partial charge on any atom is 0.309 e. The summed E-state index contributed by atoms with van der Waals surface area (Å²) in [7, 11) is -3.54. The number of carboxylic acid groups (broad SMARTS) is 1. The molecule has 0 amide bonds. The molecule has 0 spiro atoms. The van der Waals surface area contributed by atoms with Gasteiger partial charge in [-0.25, -0.2) is 8.42 Å². The van der Waals surface area contributed by atoms with E-state index in [1.165, 1.54) is 4.31 Å². The predicted molar refractivity (Wildman–Crippen MR) is 82.9 cm³/mol. The van der Waals surface area contributed by atoms with Crippen LogP contribution in [0, 0.1) is 8.99 Å². The largest absolute Gasteiger partial charge is 0.481 e. The molecule has 20 heavy (non-hydrogen) atoms. The van der Waals surface area contributed by atoms with Crippen LogP contribution in [0.25, 0.3) is 0 Å². The van der Waals surface area contributed by atoms with Crippen molar-refractivity contribution in [3.8, 4) is 0 Å². The van der Waals surface area contributed by atoms with Gasteiger partial charge in [0.2, 0.25) is 10.0 Å². The molecule has 0 saturated carbocycles. The molecule has 1 aliphatic heterocycles. The minimum absolute atomic E-state index is 0.246. The van der Waals surface area contributed by atoms with E-state index in [1.807, 2.05) is 22.6 Å². The number of benzene rings is 1. The summed E-state index contributed by atoms with van der Waals surface area (Å²) in [5, 5.41) is 9.18. The average Bonchev–Trinajstić information content (AvgIpc) is 2.39. The normalized spacial score (nSPS) is 19.7. The molecule has 110 valence electrons. The summed E-state index contributed by atoms with van der Waals surface area (Å²) in [4.78, 5) is 11.5. The molecule has 1 saturated heterocycles. The van der Waals surface area contributed by atoms with Gasteiger partial charge >= 0.3 is 5.97 Å². The highest BCUT2D eigenvalue weighted by molar-refractivity contribution is 14.1. The van der Waals surface area contributed by atoms with Crippen LogP contribution in [0.2, 0.25) is 0 Å². The molecular weight excluding hydrogens is 393 g/mol. The van der Waals surface area contributed by atoms with E-state index >= 15 is 0 Å². The number of piperidine rings is 1. The van der Waals surface area contributed by atoms with Crippen LogP contribution in [-0.4, -0.2) is 36.9 Å². The number of hydrogen-bond acceptors (Lipinski definition) is 3. The molecule has 0 atom stereocenters. The Bertz CT molecular complexity index is 621. The molecule has 0 unspecified atom stereocenters. The molecule has 1 aliphatic rings. The number of sulfonamides is 1. The summed E-state index contributed by atoms with van der Waals surface area (Å²) >= 11 is 2.00. The van der Waals surface area contributed by atoms with E-state index in [0.717, 1.165) is 0 Å². The summed E-state index contributed by atoms with van der Waals surface area (Å²) in [5.41, 5.74) is -0.824. The lowest BCUT2D eigenvalue weighted by Gasteiger charge is -2.35.